The summed E-state index contributed by atoms with van der Waals surface area (Å²) in [6.45, 7) is 3.88. The summed E-state index contributed by atoms with van der Waals surface area (Å²) in [5.74, 6) is 0.412. The number of hydrogen-bond donors (Lipinski definition) is 1. The van der Waals surface area contributed by atoms with E-state index in [9.17, 15) is 8.42 Å². The van der Waals surface area contributed by atoms with Gasteiger partial charge in [0.15, 0.2) is 0 Å². The zero-order valence-corrected chi connectivity index (χ0v) is 13.4. The molecule has 0 amide bonds. The second kappa shape index (κ2) is 7.56. The van der Waals surface area contributed by atoms with Crippen molar-refractivity contribution in [3.05, 3.63) is 18.3 Å². The van der Waals surface area contributed by atoms with Gasteiger partial charge in [0.05, 0.1) is 0 Å². The van der Waals surface area contributed by atoms with E-state index in [1.807, 2.05) is 25.9 Å². The Morgan fingerprint density at radius 2 is 1.95 bits per heavy atom. The summed E-state index contributed by atoms with van der Waals surface area (Å²) in [6, 6.07) is 3.23. The Hall–Kier alpha value is -1.18. The topological polar surface area (TPSA) is 65.5 Å². The molecule has 20 heavy (non-hydrogen) atoms. The highest BCUT2D eigenvalue weighted by molar-refractivity contribution is 7.89. The van der Waals surface area contributed by atoms with Gasteiger partial charge >= 0.3 is 0 Å². The Morgan fingerprint density at radius 1 is 1.25 bits per heavy atom. The van der Waals surface area contributed by atoms with Crippen LogP contribution in [-0.4, -0.2) is 63.4 Å². The number of aromatic nitrogens is 1. The van der Waals surface area contributed by atoms with E-state index in [1.54, 1.807) is 25.4 Å². The quantitative estimate of drug-likeness (QED) is 0.778. The van der Waals surface area contributed by atoms with E-state index < -0.39 is 10.0 Å². The molecule has 0 spiro atoms. The molecule has 0 saturated carbocycles. The largest absolute Gasteiger partial charge is 0.369 e. The monoisotopic (exact) mass is 300 g/mol. The summed E-state index contributed by atoms with van der Waals surface area (Å²) in [6.07, 6.45) is 2.38. The summed E-state index contributed by atoms with van der Waals surface area (Å²) >= 11 is 0. The maximum absolute atomic E-state index is 12.5. The standard InChI is InChI=1S/C13H24N4O2S/c1-5-14-13-12(8-6-9-15-13)20(18,19)17(4)11-7-10-16(2)3/h6,8-9H,5,7,10-11H2,1-4H3,(H,14,15). The fraction of sp³-hybridized carbons (Fsp3) is 0.615. The van der Waals surface area contributed by atoms with Crippen LogP contribution in [0.25, 0.3) is 0 Å². The number of anilines is 1. The van der Waals surface area contributed by atoms with Gasteiger partial charge in [-0.2, -0.15) is 0 Å². The molecule has 1 aromatic rings. The zero-order valence-electron chi connectivity index (χ0n) is 12.6. The third kappa shape index (κ3) is 4.43. The molecule has 0 atom stereocenters. The summed E-state index contributed by atoms with van der Waals surface area (Å²) in [7, 11) is 2.05. The minimum Gasteiger partial charge on any atom is -0.369 e. The third-order valence-electron chi connectivity index (χ3n) is 2.88. The zero-order chi connectivity index (χ0) is 15.2. The van der Waals surface area contributed by atoms with Crippen molar-refractivity contribution in [2.45, 2.75) is 18.2 Å². The van der Waals surface area contributed by atoms with Crippen LogP contribution in [0.4, 0.5) is 5.82 Å². The van der Waals surface area contributed by atoms with Crippen LogP contribution in [0.1, 0.15) is 13.3 Å². The van der Waals surface area contributed by atoms with E-state index in [2.05, 4.69) is 10.3 Å². The van der Waals surface area contributed by atoms with Crippen molar-refractivity contribution in [3.63, 3.8) is 0 Å². The number of nitrogens with one attached hydrogen (secondary N) is 1. The fourth-order valence-electron chi connectivity index (χ4n) is 1.80. The SMILES string of the molecule is CCNc1ncccc1S(=O)(=O)N(C)CCCN(C)C. The highest BCUT2D eigenvalue weighted by atomic mass is 32.2. The smallest absolute Gasteiger partial charge is 0.246 e. The Labute approximate surface area is 121 Å². The van der Waals surface area contributed by atoms with E-state index in [0.717, 1.165) is 13.0 Å². The molecular weight excluding hydrogens is 276 g/mol. The number of pyridine rings is 1. The lowest BCUT2D eigenvalue weighted by atomic mass is 10.4. The van der Waals surface area contributed by atoms with Crippen LogP contribution in [0.3, 0.4) is 0 Å². The average Bonchev–Trinajstić information content (AvgIpc) is 2.39. The van der Waals surface area contributed by atoms with Crippen molar-refractivity contribution >= 4 is 15.8 Å². The predicted octanol–water partition coefficient (Wildman–Crippen LogP) is 1.09. The van der Waals surface area contributed by atoms with Gasteiger partial charge in [-0.3, -0.25) is 0 Å². The van der Waals surface area contributed by atoms with Crippen LogP contribution in [0.15, 0.2) is 23.2 Å². The number of sulfonamides is 1. The summed E-state index contributed by atoms with van der Waals surface area (Å²) < 4.78 is 26.5. The molecule has 114 valence electrons. The molecule has 1 aromatic heterocycles. The van der Waals surface area contributed by atoms with E-state index in [4.69, 9.17) is 0 Å². The lowest BCUT2D eigenvalue weighted by Gasteiger charge is -2.19. The van der Waals surface area contributed by atoms with Gasteiger partial charge in [-0.25, -0.2) is 17.7 Å². The van der Waals surface area contributed by atoms with Crippen molar-refractivity contribution in [2.24, 2.45) is 0 Å². The Morgan fingerprint density at radius 3 is 2.55 bits per heavy atom. The first-order valence-electron chi connectivity index (χ1n) is 6.69. The lowest BCUT2D eigenvalue weighted by molar-refractivity contribution is 0.370. The molecule has 0 fully saturated rings. The molecular formula is C13H24N4O2S. The van der Waals surface area contributed by atoms with Gasteiger partial charge in [-0.15, -0.1) is 0 Å². The van der Waals surface area contributed by atoms with Gasteiger partial charge in [0.1, 0.15) is 10.7 Å². The summed E-state index contributed by atoms with van der Waals surface area (Å²) in [4.78, 5) is 6.37. The van der Waals surface area contributed by atoms with Gasteiger partial charge in [-0.05, 0) is 46.1 Å². The number of hydrogen-bond acceptors (Lipinski definition) is 5. The van der Waals surface area contributed by atoms with Crippen molar-refractivity contribution in [3.8, 4) is 0 Å². The summed E-state index contributed by atoms with van der Waals surface area (Å²) in [5, 5.41) is 2.99. The fourth-order valence-corrected chi connectivity index (χ4v) is 3.12. The summed E-state index contributed by atoms with van der Waals surface area (Å²) in [5.41, 5.74) is 0. The maximum atomic E-state index is 12.5. The number of nitrogens with zero attached hydrogens (tertiary/aromatic N) is 3. The van der Waals surface area contributed by atoms with Crippen LogP contribution < -0.4 is 5.32 Å². The van der Waals surface area contributed by atoms with Gasteiger partial charge in [0, 0.05) is 26.3 Å². The first kappa shape index (κ1) is 16.9. The van der Waals surface area contributed by atoms with E-state index in [0.29, 0.717) is 18.9 Å². The van der Waals surface area contributed by atoms with Crippen LogP contribution in [-0.2, 0) is 10.0 Å². The van der Waals surface area contributed by atoms with E-state index in [1.165, 1.54) is 4.31 Å². The van der Waals surface area contributed by atoms with E-state index >= 15 is 0 Å². The molecule has 0 aromatic carbocycles. The van der Waals surface area contributed by atoms with Gasteiger partial charge in [-0.1, -0.05) is 0 Å². The minimum absolute atomic E-state index is 0.231. The van der Waals surface area contributed by atoms with Crippen LogP contribution in [0.5, 0.6) is 0 Å². The Kier molecular flexibility index (Phi) is 6.38. The third-order valence-corrected chi connectivity index (χ3v) is 4.77. The normalized spacial score (nSPS) is 12.1. The van der Waals surface area contributed by atoms with Crippen molar-refractivity contribution in [1.29, 1.82) is 0 Å². The van der Waals surface area contributed by atoms with Crippen molar-refractivity contribution in [2.75, 3.05) is 46.1 Å². The molecule has 7 heteroatoms. The second-order valence-electron chi connectivity index (χ2n) is 4.86. The van der Waals surface area contributed by atoms with Crippen molar-refractivity contribution in [1.82, 2.24) is 14.2 Å². The van der Waals surface area contributed by atoms with E-state index in [-0.39, 0.29) is 4.90 Å². The highest BCUT2D eigenvalue weighted by Crippen LogP contribution is 2.21. The molecule has 0 aliphatic rings. The molecule has 1 heterocycles. The van der Waals surface area contributed by atoms with Gasteiger partial charge < -0.3 is 10.2 Å². The molecule has 6 nitrogen and oxygen atoms in total. The van der Waals surface area contributed by atoms with Gasteiger partial charge in [0.2, 0.25) is 10.0 Å². The molecule has 1 rings (SSSR count). The highest BCUT2D eigenvalue weighted by Gasteiger charge is 2.24. The van der Waals surface area contributed by atoms with Gasteiger partial charge in [0.25, 0.3) is 0 Å². The number of rotatable bonds is 8. The molecule has 1 N–H and O–H groups in total. The van der Waals surface area contributed by atoms with Crippen LogP contribution in [0, 0.1) is 0 Å². The molecule has 0 radical (unpaired) electrons. The maximum Gasteiger partial charge on any atom is 0.246 e. The lowest BCUT2D eigenvalue weighted by Crippen LogP contribution is -2.30. The molecule has 0 aliphatic carbocycles. The second-order valence-corrected chi connectivity index (χ2v) is 6.88. The first-order chi connectivity index (χ1) is 9.39. The Balaban J connectivity index is 2.87. The van der Waals surface area contributed by atoms with Crippen molar-refractivity contribution < 1.29 is 8.42 Å². The molecule has 0 saturated heterocycles. The average molecular weight is 300 g/mol. The van der Waals surface area contributed by atoms with Crippen LogP contribution >= 0.6 is 0 Å². The predicted molar refractivity (Wildman–Crippen MR) is 81.4 cm³/mol. The Bertz CT molecular complexity index is 517. The molecule has 0 bridgehead atoms. The molecule has 0 aliphatic heterocycles. The minimum atomic E-state index is -3.50. The first-order valence-corrected chi connectivity index (χ1v) is 8.13. The molecule has 0 unspecified atom stereocenters. The van der Waals surface area contributed by atoms with Crippen LogP contribution in [0.2, 0.25) is 0 Å².